The van der Waals surface area contributed by atoms with E-state index in [1.165, 1.54) is 51.4 Å². The monoisotopic (exact) mass is 278 g/mol. The molecule has 3 nitrogen and oxygen atoms in total. The molecule has 0 saturated carbocycles. The molecule has 1 aliphatic heterocycles. The molecule has 1 rings (SSSR count). The molecular weight excluding hydrogens is 248 g/mol. The average molecular weight is 278 g/mol. The number of piperidine rings is 1. The second kappa shape index (κ2) is 11.7. The molecule has 0 bridgehead atoms. The second-order valence-electron chi connectivity index (χ2n) is 5.51. The molecular formula is C17H30N2O. The molecule has 1 amide bonds. The molecule has 0 spiro atoms. The molecule has 0 atom stereocenters. The van der Waals surface area contributed by atoms with Gasteiger partial charge in [-0.2, -0.15) is 0 Å². The summed E-state index contributed by atoms with van der Waals surface area (Å²) in [6, 6.07) is 0. The van der Waals surface area contributed by atoms with Gasteiger partial charge in [-0.3, -0.25) is 10.2 Å². The summed E-state index contributed by atoms with van der Waals surface area (Å²) in [6.07, 6.45) is 18.9. The van der Waals surface area contributed by atoms with Crippen molar-refractivity contribution in [2.45, 2.75) is 64.7 Å². The van der Waals surface area contributed by atoms with E-state index in [9.17, 15) is 4.79 Å². The van der Waals surface area contributed by atoms with E-state index in [0.29, 0.717) is 0 Å². The van der Waals surface area contributed by atoms with E-state index in [4.69, 9.17) is 0 Å². The molecule has 0 aromatic heterocycles. The van der Waals surface area contributed by atoms with Gasteiger partial charge in [0.1, 0.15) is 0 Å². The van der Waals surface area contributed by atoms with Crippen LogP contribution in [0.15, 0.2) is 24.3 Å². The molecule has 1 fully saturated rings. The number of carbonyl (C=O) groups is 1. The van der Waals surface area contributed by atoms with Crippen LogP contribution in [0.5, 0.6) is 0 Å². The van der Waals surface area contributed by atoms with Crippen LogP contribution < -0.4 is 5.43 Å². The molecule has 0 aliphatic carbocycles. The third-order valence-electron chi connectivity index (χ3n) is 3.59. The maximum atomic E-state index is 11.6. The number of allylic oxidation sites excluding steroid dienone is 3. The summed E-state index contributed by atoms with van der Waals surface area (Å²) in [5, 5.41) is 2.02. The van der Waals surface area contributed by atoms with E-state index < -0.39 is 0 Å². The number of unbranched alkanes of at least 4 members (excludes halogenated alkanes) is 5. The number of nitrogens with one attached hydrogen (secondary N) is 1. The van der Waals surface area contributed by atoms with Crippen LogP contribution in [-0.4, -0.2) is 24.0 Å². The number of nitrogens with zero attached hydrogens (tertiary/aromatic N) is 1. The van der Waals surface area contributed by atoms with Crippen LogP contribution in [-0.2, 0) is 4.79 Å². The highest BCUT2D eigenvalue weighted by atomic mass is 16.2. The Labute approximate surface area is 124 Å². The number of hydrogen-bond acceptors (Lipinski definition) is 2. The molecule has 1 N–H and O–H groups in total. The number of amides is 1. The Morgan fingerprint density at radius 2 is 1.80 bits per heavy atom. The Morgan fingerprint density at radius 1 is 1.05 bits per heavy atom. The summed E-state index contributed by atoms with van der Waals surface area (Å²) in [5.74, 6) is -0.0144. The topological polar surface area (TPSA) is 32.3 Å². The fourth-order valence-corrected chi connectivity index (χ4v) is 2.38. The van der Waals surface area contributed by atoms with Crippen LogP contribution in [0.4, 0.5) is 0 Å². The number of carbonyl (C=O) groups excluding carboxylic acids is 1. The van der Waals surface area contributed by atoms with Gasteiger partial charge in [0.05, 0.1) is 0 Å². The highest BCUT2D eigenvalue weighted by Gasteiger charge is 2.10. The predicted octanol–water partition coefficient (Wildman–Crippen LogP) is 3.98. The van der Waals surface area contributed by atoms with Crippen LogP contribution in [0.2, 0.25) is 0 Å². The van der Waals surface area contributed by atoms with Gasteiger partial charge >= 0.3 is 0 Å². The first-order chi connectivity index (χ1) is 9.83. The first kappa shape index (κ1) is 17.0. The van der Waals surface area contributed by atoms with Gasteiger partial charge in [0.2, 0.25) is 0 Å². The van der Waals surface area contributed by atoms with Gasteiger partial charge in [-0.1, -0.05) is 57.3 Å². The molecule has 0 aromatic rings. The number of hydrazine groups is 1. The predicted molar refractivity (Wildman–Crippen MR) is 85.2 cm³/mol. The van der Waals surface area contributed by atoms with Crippen molar-refractivity contribution in [1.82, 2.24) is 10.4 Å². The lowest BCUT2D eigenvalue weighted by Crippen LogP contribution is -2.44. The highest BCUT2D eigenvalue weighted by molar-refractivity contribution is 5.87. The van der Waals surface area contributed by atoms with E-state index in [0.717, 1.165) is 19.5 Å². The smallest absolute Gasteiger partial charge is 0.258 e. The summed E-state index contributed by atoms with van der Waals surface area (Å²) in [5.41, 5.74) is 2.92. The van der Waals surface area contributed by atoms with Gasteiger partial charge in [0, 0.05) is 19.2 Å². The van der Waals surface area contributed by atoms with Gasteiger partial charge in [-0.15, -0.1) is 0 Å². The minimum absolute atomic E-state index is 0.0144. The third kappa shape index (κ3) is 8.92. The maximum absolute atomic E-state index is 11.6. The number of hydrogen-bond donors (Lipinski definition) is 1. The summed E-state index contributed by atoms with van der Waals surface area (Å²) in [4.78, 5) is 11.6. The van der Waals surface area contributed by atoms with Gasteiger partial charge in [0.25, 0.3) is 5.91 Å². The van der Waals surface area contributed by atoms with Crippen molar-refractivity contribution in [3.63, 3.8) is 0 Å². The van der Waals surface area contributed by atoms with E-state index in [2.05, 4.69) is 18.4 Å². The minimum Gasteiger partial charge on any atom is -0.285 e. The van der Waals surface area contributed by atoms with E-state index >= 15 is 0 Å². The zero-order valence-electron chi connectivity index (χ0n) is 12.9. The van der Waals surface area contributed by atoms with E-state index in [-0.39, 0.29) is 5.91 Å². The van der Waals surface area contributed by atoms with Gasteiger partial charge < -0.3 is 0 Å². The summed E-state index contributed by atoms with van der Waals surface area (Å²) in [7, 11) is 0. The Hall–Kier alpha value is -1.09. The van der Waals surface area contributed by atoms with Gasteiger partial charge in [0.15, 0.2) is 0 Å². The fourth-order valence-electron chi connectivity index (χ4n) is 2.38. The van der Waals surface area contributed by atoms with Crippen molar-refractivity contribution in [3.8, 4) is 0 Å². The van der Waals surface area contributed by atoms with Crippen molar-refractivity contribution in [2.24, 2.45) is 0 Å². The van der Waals surface area contributed by atoms with Crippen molar-refractivity contribution >= 4 is 5.91 Å². The maximum Gasteiger partial charge on any atom is 0.258 e. The Morgan fingerprint density at radius 3 is 2.55 bits per heavy atom. The summed E-state index contributed by atoms with van der Waals surface area (Å²) >= 11 is 0. The molecule has 3 heteroatoms. The Bertz CT molecular complexity index is 304. The van der Waals surface area contributed by atoms with Crippen molar-refractivity contribution < 1.29 is 4.79 Å². The molecule has 0 unspecified atom stereocenters. The van der Waals surface area contributed by atoms with E-state index in [1.54, 1.807) is 6.08 Å². The standard InChI is InChI=1S/C17H30N2O/c1-2-3-4-5-6-7-8-9-11-14-17(20)18-19-15-12-10-13-16-19/h8-9,11,14H,2-7,10,12-13,15-16H2,1H3,(H,18,20)/b9-8+,14-11+. The molecule has 0 aromatic carbocycles. The first-order valence-corrected chi connectivity index (χ1v) is 8.21. The molecule has 1 saturated heterocycles. The lowest BCUT2D eigenvalue weighted by atomic mass is 10.1. The lowest BCUT2D eigenvalue weighted by Gasteiger charge is -2.26. The van der Waals surface area contributed by atoms with Crippen LogP contribution in [0, 0.1) is 0 Å². The molecule has 1 heterocycles. The van der Waals surface area contributed by atoms with Gasteiger partial charge in [-0.25, -0.2) is 5.01 Å². The zero-order valence-corrected chi connectivity index (χ0v) is 12.9. The van der Waals surface area contributed by atoms with E-state index in [1.807, 2.05) is 17.2 Å². The van der Waals surface area contributed by atoms with Gasteiger partial charge in [-0.05, 0) is 25.7 Å². The SMILES string of the molecule is CCCCCCC/C=C/C=C/C(=O)NN1CCCCC1. The molecule has 0 radical (unpaired) electrons. The summed E-state index contributed by atoms with van der Waals surface area (Å²) < 4.78 is 0. The Kier molecular flexibility index (Phi) is 9.93. The fraction of sp³-hybridized carbons (Fsp3) is 0.706. The van der Waals surface area contributed by atoms with Crippen molar-refractivity contribution in [2.75, 3.05) is 13.1 Å². The Balaban J connectivity index is 2.02. The third-order valence-corrected chi connectivity index (χ3v) is 3.59. The largest absolute Gasteiger partial charge is 0.285 e. The van der Waals surface area contributed by atoms with Crippen LogP contribution in [0.3, 0.4) is 0 Å². The second-order valence-corrected chi connectivity index (χ2v) is 5.51. The van der Waals surface area contributed by atoms with Crippen LogP contribution in [0.25, 0.3) is 0 Å². The zero-order chi connectivity index (χ0) is 14.5. The van der Waals surface area contributed by atoms with Crippen molar-refractivity contribution in [1.29, 1.82) is 0 Å². The first-order valence-electron chi connectivity index (χ1n) is 8.21. The summed E-state index contributed by atoms with van der Waals surface area (Å²) in [6.45, 7) is 4.19. The molecule has 20 heavy (non-hydrogen) atoms. The number of rotatable bonds is 9. The van der Waals surface area contributed by atoms with Crippen LogP contribution >= 0.6 is 0 Å². The molecule has 114 valence electrons. The highest BCUT2D eigenvalue weighted by Crippen LogP contribution is 2.06. The minimum atomic E-state index is -0.0144. The lowest BCUT2D eigenvalue weighted by molar-refractivity contribution is -0.121. The quantitative estimate of drug-likeness (QED) is 0.393. The van der Waals surface area contributed by atoms with Crippen LogP contribution in [0.1, 0.15) is 64.7 Å². The average Bonchev–Trinajstić information content (AvgIpc) is 2.46. The normalized spacial score (nSPS) is 17.1. The van der Waals surface area contributed by atoms with Crippen molar-refractivity contribution in [3.05, 3.63) is 24.3 Å². The molecule has 1 aliphatic rings.